The lowest BCUT2D eigenvalue weighted by Gasteiger charge is -2.05. The van der Waals surface area contributed by atoms with Crippen LogP contribution in [0.1, 0.15) is 5.56 Å². The van der Waals surface area contributed by atoms with Gasteiger partial charge in [0.05, 0.1) is 5.56 Å². The van der Waals surface area contributed by atoms with Crippen molar-refractivity contribution < 1.29 is 4.39 Å². The molecule has 4 nitrogen and oxygen atoms in total. The fraction of sp³-hybridized carbons (Fsp3) is 0.125. The summed E-state index contributed by atoms with van der Waals surface area (Å²) < 4.78 is 15.8. The largest absolute Gasteiger partial charge is 0.383 e. The summed E-state index contributed by atoms with van der Waals surface area (Å²) in [6, 6.07) is 8.76. The molecule has 0 unspecified atom stereocenters. The number of nitrogens with zero attached hydrogens (tertiary/aromatic N) is 3. The van der Waals surface area contributed by atoms with Crippen LogP contribution in [0.3, 0.4) is 0 Å². The lowest BCUT2D eigenvalue weighted by atomic mass is 10.0. The van der Waals surface area contributed by atoms with E-state index in [4.69, 9.17) is 5.73 Å². The molecule has 1 aromatic carbocycles. The lowest BCUT2D eigenvalue weighted by molar-refractivity contribution is 0.629. The summed E-state index contributed by atoms with van der Waals surface area (Å²) in [5, 5.41) is 4.38. The minimum Gasteiger partial charge on any atom is -0.383 e. The maximum Gasteiger partial charge on any atom is 0.132 e. The Kier molecular flexibility index (Phi) is 3.17. The summed E-state index contributed by atoms with van der Waals surface area (Å²) in [5.41, 5.74) is 9.55. The number of pyridine rings is 1. The highest BCUT2D eigenvalue weighted by molar-refractivity contribution is 5.88. The van der Waals surface area contributed by atoms with Gasteiger partial charge >= 0.3 is 0 Å². The molecule has 0 amide bonds. The van der Waals surface area contributed by atoms with E-state index >= 15 is 0 Å². The van der Waals surface area contributed by atoms with Crippen molar-refractivity contribution >= 4 is 5.82 Å². The van der Waals surface area contributed by atoms with Gasteiger partial charge in [-0.15, -0.1) is 0 Å². The van der Waals surface area contributed by atoms with Crippen molar-refractivity contribution in [2.24, 2.45) is 7.05 Å². The first-order valence-corrected chi connectivity index (χ1v) is 6.57. The molecule has 3 rings (SSSR count). The summed E-state index contributed by atoms with van der Waals surface area (Å²) in [6.07, 6.45) is 3.36. The number of rotatable bonds is 2. The van der Waals surface area contributed by atoms with Crippen molar-refractivity contribution in [3.8, 4) is 22.4 Å². The summed E-state index contributed by atoms with van der Waals surface area (Å²) in [5.74, 6) is 0.194. The van der Waals surface area contributed by atoms with Crippen LogP contribution in [0.4, 0.5) is 10.2 Å². The average molecular weight is 282 g/mol. The van der Waals surface area contributed by atoms with Crippen molar-refractivity contribution in [2.45, 2.75) is 6.92 Å². The van der Waals surface area contributed by atoms with E-state index in [9.17, 15) is 4.39 Å². The summed E-state index contributed by atoms with van der Waals surface area (Å²) in [7, 11) is 1.75. The molecule has 0 aliphatic carbocycles. The molecule has 106 valence electrons. The summed E-state index contributed by atoms with van der Waals surface area (Å²) in [4.78, 5) is 4.00. The van der Waals surface area contributed by atoms with E-state index in [2.05, 4.69) is 10.1 Å². The smallest absolute Gasteiger partial charge is 0.132 e. The van der Waals surface area contributed by atoms with Gasteiger partial charge in [0.15, 0.2) is 0 Å². The lowest BCUT2D eigenvalue weighted by Crippen LogP contribution is -1.97. The number of aryl methyl sites for hydroxylation is 2. The minimum absolute atomic E-state index is 0.302. The molecule has 0 spiro atoms. The zero-order valence-electron chi connectivity index (χ0n) is 11.8. The number of benzene rings is 1. The van der Waals surface area contributed by atoms with Crippen LogP contribution in [0.2, 0.25) is 0 Å². The predicted molar refractivity (Wildman–Crippen MR) is 81.0 cm³/mol. The van der Waals surface area contributed by atoms with Gasteiger partial charge in [0, 0.05) is 25.0 Å². The van der Waals surface area contributed by atoms with Crippen LogP contribution in [0.5, 0.6) is 0 Å². The Morgan fingerprint density at radius 1 is 1.14 bits per heavy atom. The third-order valence-electron chi connectivity index (χ3n) is 3.44. The standard InChI is InChI=1S/C16H15FN4/c1-10-3-4-12(13(17)9-10)15-14(16(18)21(2)20-15)11-5-7-19-8-6-11/h3-9H,18H2,1-2H3. The van der Waals surface area contributed by atoms with E-state index in [1.165, 1.54) is 6.07 Å². The van der Waals surface area contributed by atoms with E-state index in [1.807, 2.05) is 25.1 Å². The maximum absolute atomic E-state index is 14.3. The number of hydrogen-bond acceptors (Lipinski definition) is 3. The number of nitrogens with two attached hydrogens (primary N) is 1. The summed E-state index contributed by atoms with van der Waals surface area (Å²) in [6.45, 7) is 1.85. The topological polar surface area (TPSA) is 56.7 Å². The van der Waals surface area contributed by atoms with E-state index in [-0.39, 0.29) is 5.82 Å². The zero-order valence-corrected chi connectivity index (χ0v) is 11.8. The van der Waals surface area contributed by atoms with Crippen molar-refractivity contribution in [1.29, 1.82) is 0 Å². The maximum atomic E-state index is 14.3. The van der Waals surface area contributed by atoms with Crippen LogP contribution < -0.4 is 5.73 Å². The number of aromatic nitrogens is 3. The first kappa shape index (κ1) is 13.3. The Balaban J connectivity index is 2.27. The molecular formula is C16H15FN4. The zero-order chi connectivity index (χ0) is 15.0. The van der Waals surface area contributed by atoms with Crippen LogP contribution in [-0.4, -0.2) is 14.8 Å². The minimum atomic E-state index is -0.302. The number of nitrogen functional groups attached to an aromatic ring is 1. The van der Waals surface area contributed by atoms with E-state index in [0.29, 0.717) is 17.1 Å². The molecule has 0 saturated heterocycles. The van der Waals surface area contributed by atoms with Gasteiger partial charge in [-0.25, -0.2) is 4.39 Å². The quantitative estimate of drug-likeness (QED) is 0.785. The molecule has 0 saturated carbocycles. The van der Waals surface area contributed by atoms with Crippen molar-refractivity contribution in [1.82, 2.24) is 14.8 Å². The SMILES string of the molecule is Cc1ccc(-c2nn(C)c(N)c2-c2ccncc2)c(F)c1. The van der Waals surface area contributed by atoms with E-state index in [1.54, 1.807) is 30.2 Å². The van der Waals surface area contributed by atoms with Gasteiger partial charge in [-0.2, -0.15) is 5.10 Å². The Morgan fingerprint density at radius 3 is 2.52 bits per heavy atom. The molecule has 0 aliphatic rings. The van der Waals surface area contributed by atoms with Gasteiger partial charge in [0.1, 0.15) is 17.3 Å². The molecule has 2 aromatic heterocycles. The molecule has 0 radical (unpaired) electrons. The van der Waals surface area contributed by atoms with Crippen LogP contribution in [0.25, 0.3) is 22.4 Å². The number of hydrogen-bond donors (Lipinski definition) is 1. The molecule has 0 aliphatic heterocycles. The van der Waals surface area contributed by atoms with Crippen molar-refractivity contribution in [3.63, 3.8) is 0 Å². The molecular weight excluding hydrogens is 267 g/mol. The Bertz CT molecular complexity index is 794. The molecule has 2 N–H and O–H groups in total. The van der Waals surface area contributed by atoms with Gasteiger partial charge < -0.3 is 5.73 Å². The van der Waals surface area contributed by atoms with Crippen molar-refractivity contribution in [3.05, 3.63) is 54.1 Å². The fourth-order valence-corrected chi connectivity index (χ4v) is 2.34. The highest BCUT2D eigenvalue weighted by Crippen LogP contribution is 2.36. The van der Waals surface area contributed by atoms with Crippen molar-refractivity contribution in [2.75, 3.05) is 5.73 Å². The van der Waals surface area contributed by atoms with Crippen LogP contribution in [0.15, 0.2) is 42.7 Å². The second kappa shape index (κ2) is 5.01. The third kappa shape index (κ3) is 2.27. The van der Waals surface area contributed by atoms with Gasteiger partial charge in [-0.1, -0.05) is 6.07 Å². The predicted octanol–water partition coefficient (Wildman–Crippen LogP) is 3.18. The third-order valence-corrected chi connectivity index (χ3v) is 3.44. The molecule has 0 atom stereocenters. The highest BCUT2D eigenvalue weighted by atomic mass is 19.1. The molecule has 2 heterocycles. The van der Waals surface area contributed by atoms with Crippen LogP contribution in [-0.2, 0) is 7.05 Å². The normalized spacial score (nSPS) is 10.8. The Morgan fingerprint density at radius 2 is 1.86 bits per heavy atom. The number of anilines is 1. The second-order valence-corrected chi connectivity index (χ2v) is 4.95. The van der Waals surface area contributed by atoms with E-state index in [0.717, 1.165) is 16.7 Å². The second-order valence-electron chi connectivity index (χ2n) is 4.95. The number of halogens is 1. The molecule has 21 heavy (non-hydrogen) atoms. The van der Waals surface area contributed by atoms with Crippen LogP contribution in [0, 0.1) is 12.7 Å². The molecule has 0 fully saturated rings. The molecule has 5 heteroatoms. The van der Waals surface area contributed by atoms with Gasteiger partial charge in [-0.05, 0) is 42.3 Å². The van der Waals surface area contributed by atoms with Gasteiger partial charge in [0.25, 0.3) is 0 Å². The first-order chi connectivity index (χ1) is 10.1. The summed E-state index contributed by atoms with van der Waals surface area (Å²) >= 11 is 0. The van der Waals surface area contributed by atoms with Crippen LogP contribution >= 0.6 is 0 Å². The average Bonchev–Trinajstić information content (AvgIpc) is 2.75. The monoisotopic (exact) mass is 282 g/mol. The van der Waals surface area contributed by atoms with Gasteiger partial charge in [-0.3, -0.25) is 9.67 Å². The molecule has 0 bridgehead atoms. The Labute approximate surface area is 122 Å². The van der Waals surface area contributed by atoms with E-state index < -0.39 is 0 Å². The first-order valence-electron chi connectivity index (χ1n) is 6.57. The molecule has 3 aromatic rings. The highest BCUT2D eigenvalue weighted by Gasteiger charge is 2.19. The van der Waals surface area contributed by atoms with Gasteiger partial charge in [0.2, 0.25) is 0 Å². The Hall–Kier alpha value is -2.69. The fourth-order valence-electron chi connectivity index (χ4n) is 2.34.